The van der Waals surface area contributed by atoms with Crippen LogP contribution in [0.5, 0.6) is 0 Å². The molecule has 5 nitrogen and oxygen atoms in total. The summed E-state index contributed by atoms with van der Waals surface area (Å²) in [7, 11) is -4.15. The molecular weight excluding hydrogens is 360 g/mol. The summed E-state index contributed by atoms with van der Waals surface area (Å²) in [6.45, 7) is 1.86. The van der Waals surface area contributed by atoms with Gasteiger partial charge in [0.2, 0.25) is 0 Å². The van der Waals surface area contributed by atoms with E-state index in [0.717, 1.165) is 5.56 Å². The average molecular weight is 378 g/mol. The van der Waals surface area contributed by atoms with Crippen molar-refractivity contribution in [1.82, 2.24) is 4.41 Å². The van der Waals surface area contributed by atoms with Gasteiger partial charge in [-0.05, 0) is 36.8 Å². The van der Waals surface area contributed by atoms with Crippen molar-refractivity contribution in [3.63, 3.8) is 0 Å². The summed E-state index contributed by atoms with van der Waals surface area (Å²) in [5, 5.41) is 4.01. The van der Waals surface area contributed by atoms with E-state index in [2.05, 4.69) is 5.10 Å². The number of amides is 1. The van der Waals surface area contributed by atoms with Crippen molar-refractivity contribution in [3.8, 4) is 0 Å². The first kappa shape index (κ1) is 18.5. The summed E-state index contributed by atoms with van der Waals surface area (Å²) >= 11 is 0. The normalized spacial score (nSPS) is 11.4. The van der Waals surface area contributed by atoms with Crippen molar-refractivity contribution in [2.75, 3.05) is 0 Å². The lowest BCUT2D eigenvalue weighted by Gasteiger charge is -2.17. The van der Waals surface area contributed by atoms with Crippen LogP contribution >= 0.6 is 0 Å². The van der Waals surface area contributed by atoms with Crippen molar-refractivity contribution in [2.45, 2.75) is 11.8 Å². The first-order chi connectivity index (χ1) is 13.0. The van der Waals surface area contributed by atoms with Gasteiger partial charge < -0.3 is 0 Å². The fourth-order valence-corrected chi connectivity index (χ4v) is 3.56. The molecule has 0 fully saturated rings. The largest absolute Gasteiger partial charge is 0.288 e. The highest BCUT2D eigenvalue weighted by atomic mass is 32.2. The van der Waals surface area contributed by atoms with E-state index in [9.17, 15) is 13.2 Å². The number of rotatable bonds is 5. The molecule has 27 heavy (non-hydrogen) atoms. The van der Waals surface area contributed by atoms with Crippen LogP contribution in [-0.4, -0.2) is 25.0 Å². The number of sulfonamides is 1. The summed E-state index contributed by atoms with van der Waals surface area (Å²) in [6, 6.07) is 23.5. The minimum absolute atomic E-state index is 0.00240. The van der Waals surface area contributed by atoms with E-state index in [1.54, 1.807) is 66.7 Å². The lowest BCUT2D eigenvalue weighted by atomic mass is 10.2. The molecule has 0 saturated carbocycles. The van der Waals surface area contributed by atoms with Crippen molar-refractivity contribution < 1.29 is 13.2 Å². The summed E-state index contributed by atoms with van der Waals surface area (Å²) in [6.07, 6.45) is 1.35. The Balaban J connectivity index is 2.05. The molecule has 0 spiro atoms. The van der Waals surface area contributed by atoms with Crippen LogP contribution in [-0.2, 0) is 10.0 Å². The zero-order valence-electron chi connectivity index (χ0n) is 14.7. The van der Waals surface area contributed by atoms with E-state index in [1.165, 1.54) is 18.3 Å². The topological polar surface area (TPSA) is 66.8 Å². The highest BCUT2D eigenvalue weighted by Gasteiger charge is 2.30. The van der Waals surface area contributed by atoms with Gasteiger partial charge in [-0.15, -0.1) is 4.41 Å². The minimum Gasteiger partial charge on any atom is -0.266 e. The Bertz CT molecular complexity index is 1050. The van der Waals surface area contributed by atoms with Gasteiger partial charge in [-0.1, -0.05) is 66.2 Å². The van der Waals surface area contributed by atoms with Gasteiger partial charge in [-0.25, -0.2) is 0 Å². The maximum atomic E-state index is 13.1. The van der Waals surface area contributed by atoms with Gasteiger partial charge in [0.1, 0.15) is 0 Å². The van der Waals surface area contributed by atoms with E-state index in [4.69, 9.17) is 0 Å². The number of benzene rings is 3. The van der Waals surface area contributed by atoms with Gasteiger partial charge in [0.25, 0.3) is 15.9 Å². The molecule has 0 unspecified atom stereocenters. The molecule has 3 aromatic rings. The molecule has 0 heterocycles. The Kier molecular flexibility index (Phi) is 5.47. The Morgan fingerprint density at radius 2 is 1.41 bits per heavy atom. The molecule has 0 radical (unpaired) electrons. The highest BCUT2D eigenvalue weighted by molar-refractivity contribution is 7.89. The predicted molar refractivity (Wildman–Crippen MR) is 105 cm³/mol. The number of hydrogen-bond acceptors (Lipinski definition) is 4. The molecule has 1 amide bonds. The zero-order chi connectivity index (χ0) is 19.3. The molecule has 3 rings (SSSR count). The van der Waals surface area contributed by atoms with E-state index >= 15 is 0 Å². The van der Waals surface area contributed by atoms with E-state index in [1.807, 2.05) is 13.0 Å². The lowest BCUT2D eigenvalue weighted by Crippen LogP contribution is -2.32. The predicted octanol–water partition coefficient (Wildman–Crippen LogP) is 3.86. The minimum atomic E-state index is -4.15. The van der Waals surface area contributed by atoms with E-state index in [-0.39, 0.29) is 10.5 Å². The van der Waals surface area contributed by atoms with Crippen LogP contribution in [0.2, 0.25) is 0 Å². The van der Waals surface area contributed by atoms with Crippen molar-refractivity contribution >= 4 is 22.1 Å². The summed E-state index contributed by atoms with van der Waals surface area (Å²) in [5.41, 5.74) is 1.84. The number of carbonyl (C=O) groups excluding carboxylic acids is 1. The smallest absolute Gasteiger partial charge is 0.266 e. The molecule has 0 aliphatic rings. The SMILES string of the molecule is Cc1ccc(S(=O)(=O)N(/N=C\c2ccccc2)C(=O)c2ccccc2)cc1. The number of nitrogens with zero attached hydrogens (tertiary/aromatic N) is 2. The molecule has 0 aromatic heterocycles. The first-order valence-corrected chi connectivity index (χ1v) is 9.73. The third-order valence-corrected chi connectivity index (χ3v) is 5.44. The van der Waals surface area contributed by atoms with Gasteiger partial charge in [0.05, 0.1) is 11.1 Å². The van der Waals surface area contributed by atoms with Gasteiger partial charge in [0.15, 0.2) is 0 Å². The van der Waals surface area contributed by atoms with Crippen LogP contribution < -0.4 is 0 Å². The maximum absolute atomic E-state index is 13.1. The second-order valence-electron chi connectivity index (χ2n) is 5.89. The molecule has 0 aliphatic heterocycles. The Morgan fingerprint density at radius 3 is 2.00 bits per heavy atom. The van der Waals surface area contributed by atoms with Crippen LogP contribution in [0.25, 0.3) is 0 Å². The average Bonchev–Trinajstić information content (AvgIpc) is 2.69. The number of aryl methyl sites for hydroxylation is 1. The van der Waals surface area contributed by atoms with Crippen molar-refractivity contribution in [2.24, 2.45) is 5.10 Å². The molecule has 0 atom stereocenters. The van der Waals surface area contributed by atoms with Crippen molar-refractivity contribution in [3.05, 3.63) is 102 Å². The molecular formula is C21H18N2O3S. The Hall–Kier alpha value is -3.25. The van der Waals surface area contributed by atoms with Crippen LogP contribution in [0.3, 0.4) is 0 Å². The quantitative estimate of drug-likeness (QED) is 0.500. The lowest BCUT2D eigenvalue weighted by molar-refractivity contribution is 0.0865. The monoisotopic (exact) mass is 378 g/mol. The summed E-state index contributed by atoms with van der Waals surface area (Å²) < 4.78 is 26.7. The van der Waals surface area contributed by atoms with Crippen LogP contribution in [0.15, 0.2) is 94.9 Å². The van der Waals surface area contributed by atoms with Gasteiger partial charge in [-0.3, -0.25) is 4.79 Å². The van der Waals surface area contributed by atoms with Crippen LogP contribution in [0, 0.1) is 6.92 Å². The summed E-state index contributed by atoms with van der Waals surface area (Å²) in [4.78, 5) is 12.9. The van der Waals surface area contributed by atoms with E-state index in [0.29, 0.717) is 9.98 Å². The van der Waals surface area contributed by atoms with Crippen molar-refractivity contribution in [1.29, 1.82) is 0 Å². The zero-order valence-corrected chi connectivity index (χ0v) is 15.5. The van der Waals surface area contributed by atoms with Gasteiger partial charge in [-0.2, -0.15) is 13.5 Å². The fraction of sp³-hybridized carbons (Fsp3) is 0.0476. The fourth-order valence-electron chi connectivity index (χ4n) is 2.38. The van der Waals surface area contributed by atoms with Crippen LogP contribution in [0.1, 0.15) is 21.5 Å². The number of hydrazone groups is 1. The second kappa shape index (κ2) is 7.97. The highest BCUT2D eigenvalue weighted by Crippen LogP contribution is 2.19. The summed E-state index contributed by atoms with van der Waals surface area (Å²) in [5.74, 6) is -0.719. The molecule has 136 valence electrons. The Labute approximate surface area is 158 Å². The number of hydrogen-bond donors (Lipinski definition) is 0. The molecule has 0 N–H and O–H groups in total. The standard InChI is InChI=1S/C21H18N2O3S/c1-17-12-14-20(15-13-17)27(25,26)23(21(24)19-10-6-3-7-11-19)22-16-18-8-4-2-5-9-18/h2-16H,1H3/b22-16-. The molecule has 3 aromatic carbocycles. The van der Waals surface area contributed by atoms with Crippen LogP contribution in [0.4, 0.5) is 0 Å². The molecule has 0 aliphatic carbocycles. The van der Waals surface area contributed by atoms with E-state index < -0.39 is 15.9 Å². The number of carbonyl (C=O) groups is 1. The maximum Gasteiger partial charge on any atom is 0.288 e. The molecule has 0 bridgehead atoms. The third-order valence-electron chi connectivity index (χ3n) is 3.85. The van der Waals surface area contributed by atoms with Gasteiger partial charge in [0, 0.05) is 5.56 Å². The molecule has 6 heteroatoms. The molecule has 0 saturated heterocycles. The van der Waals surface area contributed by atoms with Gasteiger partial charge >= 0.3 is 0 Å². The second-order valence-corrected chi connectivity index (χ2v) is 7.65. The first-order valence-electron chi connectivity index (χ1n) is 8.29. The third kappa shape index (κ3) is 4.30. The Morgan fingerprint density at radius 1 is 0.852 bits per heavy atom.